The van der Waals surface area contributed by atoms with Crippen LogP contribution in [0.25, 0.3) is 0 Å². The minimum atomic E-state index is -0.360. The number of hydrogen-bond donors (Lipinski definition) is 0. The fraction of sp³-hybridized carbons (Fsp3) is 0.800. The number of rotatable bonds is 6. The maximum Gasteiger partial charge on any atom is 0.316 e. The molecule has 5 heteroatoms. The monoisotopic (exact) mass is 233 g/mol. The predicted octanol–water partition coefficient (Wildman–Crippen LogP) is 2.13. The zero-order chi connectivity index (χ0) is 11.7. The molecule has 15 heavy (non-hydrogen) atoms. The standard InChI is InChI=1S/C10H19NO3S/c1-4-6-11(7-5-2)10(13)15-8-9(12)14-3/h4-8H2,1-3H3. The summed E-state index contributed by atoms with van der Waals surface area (Å²) in [6.07, 6.45) is 1.87. The minimum Gasteiger partial charge on any atom is -0.468 e. The van der Waals surface area contributed by atoms with Gasteiger partial charge in [-0.1, -0.05) is 25.6 Å². The van der Waals surface area contributed by atoms with Crippen LogP contribution < -0.4 is 0 Å². The zero-order valence-electron chi connectivity index (χ0n) is 9.62. The second-order valence-electron chi connectivity index (χ2n) is 3.12. The highest BCUT2D eigenvalue weighted by atomic mass is 32.2. The van der Waals surface area contributed by atoms with Gasteiger partial charge in [-0.05, 0) is 12.8 Å². The molecule has 88 valence electrons. The molecule has 0 saturated carbocycles. The Morgan fingerprint density at radius 2 is 1.73 bits per heavy atom. The van der Waals surface area contributed by atoms with E-state index in [4.69, 9.17) is 0 Å². The molecule has 1 amide bonds. The molecule has 0 rings (SSSR count). The molecule has 0 aromatic rings. The van der Waals surface area contributed by atoms with Crippen molar-refractivity contribution < 1.29 is 14.3 Å². The third-order valence-corrected chi connectivity index (χ3v) is 2.67. The van der Waals surface area contributed by atoms with E-state index < -0.39 is 0 Å². The number of thioether (sulfide) groups is 1. The van der Waals surface area contributed by atoms with E-state index in [1.54, 1.807) is 4.90 Å². The number of amides is 1. The summed E-state index contributed by atoms with van der Waals surface area (Å²) in [5, 5.41) is -0.0379. The lowest BCUT2D eigenvalue weighted by Gasteiger charge is -2.20. The van der Waals surface area contributed by atoms with Crippen molar-refractivity contribution in [2.45, 2.75) is 26.7 Å². The number of hydrogen-bond acceptors (Lipinski definition) is 4. The van der Waals surface area contributed by atoms with E-state index in [1.165, 1.54) is 7.11 Å². The van der Waals surface area contributed by atoms with Crippen LogP contribution in [0.5, 0.6) is 0 Å². The highest BCUT2D eigenvalue weighted by molar-refractivity contribution is 8.14. The van der Waals surface area contributed by atoms with Gasteiger partial charge in [0.1, 0.15) is 5.75 Å². The number of nitrogens with zero attached hydrogens (tertiary/aromatic N) is 1. The van der Waals surface area contributed by atoms with Gasteiger partial charge in [0.25, 0.3) is 5.24 Å². The molecule has 0 spiro atoms. The van der Waals surface area contributed by atoms with Crippen LogP contribution in [0.3, 0.4) is 0 Å². The maximum atomic E-state index is 11.6. The first-order valence-corrected chi connectivity index (χ1v) is 6.12. The van der Waals surface area contributed by atoms with E-state index in [2.05, 4.69) is 4.74 Å². The molecule has 0 bridgehead atoms. The van der Waals surface area contributed by atoms with Crippen LogP contribution in [0.1, 0.15) is 26.7 Å². The molecule has 0 fully saturated rings. The summed E-state index contributed by atoms with van der Waals surface area (Å²) < 4.78 is 4.47. The molecule has 0 atom stereocenters. The van der Waals surface area contributed by atoms with Crippen LogP contribution in [-0.4, -0.2) is 42.1 Å². The van der Waals surface area contributed by atoms with E-state index in [0.717, 1.165) is 37.7 Å². The van der Waals surface area contributed by atoms with Crippen molar-refractivity contribution in [2.24, 2.45) is 0 Å². The largest absolute Gasteiger partial charge is 0.468 e. The Bertz CT molecular complexity index is 203. The normalized spacial score (nSPS) is 9.80. The SMILES string of the molecule is CCCN(CCC)C(=O)SCC(=O)OC. The Morgan fingerprint density at radius 3 is 2.13 bits per heavy atom. The van der Waals surface area contributed by atoms with Gasteiger partial charge in [0, 0.05) is 13.1 Å². The molecule has 0 aromatic carbocycles. The average Bonchev–Trinajstić information content (AvgIpc) is 2.25. The van der Waals surface area contributed by atoms with E-state index in [9.17, 15) is 9.59 Å². The van der Waals surface area contributed by atoms with Gasteiger partial charge in [-0.2, -0.15) is 0 Å². The molecular formula is C10H19NO3S. The third-order valence-electron chi connectivity index (χ3n) is 1.79. The lowest BCUT2D eigenvalue weighted by molar-refractivity contribution is -0.137. The first-order valence-electron chi connectivity index (χ1n) is 5.14. The number of carbonyl (C=O) groups is 2. The molecule has 0 aromatic heterocycles. The fourth-order valence-corrected chi connectivity index (χ4v) is 1.83. The van der Waals surface area contributed by atoms with Crippen molar-refractivity contribution in [2.75, 3.05) is 26.0 Å². The molecule has 4 nitrogen and oxygen atoms in total. The summed E-state index contributed by atoms with van der Waals surface area (Å²) in [7, 11) is 1.32. The number of esters is 1. The lowest BCUT2D eigenvalue weighted by Crippen LogP contribution is -2.30. The van der Waals surface area contributed by atoms with E-state index in [0.29, 0.717) is 0 Å². The van der Waals surface area contributed by atoms with Crippen molar-refractivity contribution in [3.63, 3.8) is 0 Å². The van der Waals surface area contributed by atoms with Gasteiger partial charge in [0.15, 0.2) is 0 Å². The highest BCUT2D eigenvalue weighted by Gasteiger charge is 2.14. The van der Waals surface area contributed by atoms with Crippen molar-refractivity contribution >= 4 is 23.0 Å². The molecule has 0 N–H and O–H groups in total. The van der Waals surface area contributed by atoms with Gasteiger partial charge in [0.2, 0.25) is 0 Å². The Balaban J connectivity index is 3.96. The number of ether oxygens (including phenoxy) is 1. The maximum absolute atomic E-state index is 11.6. The Morgan fingerprint density at radius 1 is 1.20 bits per heavy atom. The summed E-state index contributed by atoms with van der Waals surface area (Å²) in [6.45, 7) is 5.56. The Labute approximate surface area is 95.3 Å². The molecule has 0 heterocycles. The van der Waals surface area contributed by atoms with Crippen LogP contribution in [0.4, 0.5) is 4.79 Å². The molecule has 0 radical (unpaired) electrons. The van der Waals surface area contributed by atoms with Crippen molar-refractivity contribution in [1.29, 1.82) is 0 Å². The molecule has 0 aliphatic carbocycles. The van der Waals surface area contributed by atoms with E-state index in [1.807, 2.05) is 13.8 Å². The van der Waals surface area contributed by atoms with Gasteiger partial charge in [0.05, 0.1) is 7.11 Å². The number of carbonyl (C=O) groups excluding carboxylic acids is 2. The summed E-state index contributed by atoms with van der Waals surface area (Å²) >= 11 is 1.01. The summed E-state index contributed by atoms with van der Waals surface area (Å²) in [6, 6.07) is 0. The fourth-order valence-electron chi connectivity index (χ4n) is 1.11. The highest BCUT2D eigenvalue weighted by Crippen LogP contribution is 2.10. The smallest absolute Gasteiger partial charge is 0.316 e. The van der Waals surface area contributed by atoms with E-state index in [-0.39, 0.29) is 17.0 Å². The second-order valence-corrected chi connectivity index (χ2v) is 4.04. The van der Waals surface area contributed by atoms with Crippen LogP contribution >= 0.6 is 11.8 Å². The minimum absolute atomic E-state index is 0.0379. The van der Waals surface area contributed by atoms with Crippen LogP contribution in [0.2, 0.25) is 0 Å². The van der Waals surface area contributed by atoms with Gasteiger partial charge >= 0.3 is 5.97 Å². The topological polar surface area (TPSA) is 46.6 Å². The first-order chi connectivity index (χ1) is 7.15. The van der Waals surface area contributed by atoms with E-state index >= 15 is 0 Å². The quantitative estimate of drug-likeness (QED) is 0.659. The zero-order valence-corrected chi connectivity index (χ0v) is 10.4. The third kappa shape index (κ3) is 6.38. The number of methoxy groups -OCH3 is 1. The van der Waals surface area contributed by atoms with Gasteiger partial charge in [-0.3, -0.25) is 9.59 Å². The predicted molar refractivity (Wildman–Crippen MR) is 62.0 cm³/mol. The van der Waals surface area contributed by atoms with Crippen LogP contribution in [0.15, 0.2) is 0 Å². The Hall–Kier alpha value is -0.710. The molecular weight excluding hydrogens is 214 g/mol. The second kappa shape index (κ2) is 8.59. The Kier molecular flexibility index (Phi) is 8.18. The van der Waals surface area contributed by atoms with Gasteiger partial charge in [-0.25, -0.2) is 0 Å². The molecule has 0 unspecified atom stereocenters. The van der Waals surface area contributed by atoms with Gasteiger partial charge < -0.3 is 9.64 Å². The summed E-state index contributed by atoms with van der Waals surface area (Å²) in [4.78, 5) is 24.2. The van der Waals surface area contributed by atoms with Crippen molar-refractivity contribution in [3.05, 3.63) is 0 Å². The molecule has 0 aliphatic rings. The average molecular weight is 233 g/mol. The van der Waals surface area contributed by atoms with Crippen LogP contribution in [0, 0.1) is 0 Å². The molecule has 0 saturated heterocycles. The van der Waals surface area contributed by atoms with Crippen molar-refractivity contribution in [1.82, 2.24) is 4.90 Å². The first kappa shape index (κ1) is 14.3. The molecule has 0 aliphatic heterocycles. The lowest BCUT2D eigenvalue weighted by atomic mass is 10.4. The van der Waals surface area contributed by atoms with Gasteiger partial charge in [-0.15, -0.1) is 0 Å². The summed E-state index contributed by atoms with van der Waals surface area (Å²) in [5.41, 5.74) is 0. The van der Waals surface area contributed by atoms with Crippen molar-refractivity contribution in [3.8, 4) is 0 Å². The van der Waals surface area contributed by atoms with Crippen LogP contribution in [-0.2, 0) is 9.53 Å². The summed E-state index contributed by atoms with van der Waals surface area (Å²) in [5.74, 6) is -0.263.